The summed E-state index contributed by atoms with van der Waals surface area (Å²) in [7, 11) is 0. The molecule has 0 aliphatic carbocycles. The average Bonchev–Trinajstić information content (AvgIpc) is 3.22. The van der Waals surface area contributed by atoms with Crippen LogP contribution in [0.5, 0.6) is 0 Å². The number of hydrogen-bond acceptors (Lipinski definition) is 6. The van der Waals surface area contributed by atoms with Gasteiger partial charge in [-0.25, -0.2) is 4.39 Å². The number of ether oxygens (including phenoxy) is 1. The Hall–Kier alpha value is -2.45. The summed E-state index contributed by atoms with van der Waals surface area (Å²) >= 11 is 1.67. The van der Waals surface area contributed by atoms with E-state index >= 15 is 0 Å². The number of benzene rings is 2. The van der Waals surface area contributed by atoms with Gasteiger partial charge >= 0.3 is 0 Å². The highest BCUT2D eigenvalue weighted by molar-refractivity contribution is 7.15. The van der Waals surface area contributed by atoms with Crippen molar-refractivity contribution in [3.05, 3.63) is 86.9 Å². The molecule has 0 saturated carbocycles. The smallest absolute Gasteiger partial charge is 0.123 e. The fraction of sp³-hybridized carbons (Fsp3) is 0.333. The minimum atomic E-state index is -1.12. The highest BCUT2D eigenvalue weighted by Gasteiger charge is 2.37. The topological polar surface area (TPSA) is 79.1 Å². The lowest BCUT2D eigenvalue weighted by molar-refractivity contribution is -0.166. The quantitative estimate of drug-likeness (QED) is 0.540. The molecule has 1 fully saturated rings. The van der Waals surface area contributed by atoms with Gasteiger partial charge in [0.1, 0.15) is 24.6 Å². The maximum Gasteiger partial charge on any atom is 0.123 e. The number of aliphatic hydroxyl groups excluding tert-OH is 2. The first-order valence-corrected chi connectivity index (χ1v) is 11.0. The Labute approximate surface area is 184 Å². The lowest BCUT2D eigenvalue weighted by Gasteiger charge is -2.36. The van der Waals surface area contributed by atoms with Crippen LogP contribution < -0.4 is 0 Å². The molecular weight excluding hydrogens is 417 g/mol. The summed E-state index contributed by atoms with van der Waals surface area (Å²) in [5.41, 5.74) is 4.17. The zero-order valence-electron chi connectivity index (χ0n) is 17.1. The van der Waals surface area contributed by atoms with Crippen molar-refractivity contribution in [3.63, 3.8) is 0 Å². The number of aliphatic hydroxyl groups is 2. The van der Waals surface area contributed by atoms with Crippen LogP contribution in [0.3, 0.4) is 0 Å². The first-order valence-electron chi connectivity index (χ1n) is 10.2. The van der Waals surface area contributed by atoms with E-state index in [0.717, 1.165) is 33.6 Å². The van der Waals surface area contributed by atoms with Gasteiger partial charge in [0.05, 0.1) is 12.2 Å². The summed E-state index contributed by atoms with van der Waals surface area (Å²) in [6.07, 6.45) is -2.31. The zero-order valence-corrected chi connectivity index (χ0v) is 17.9. The first kappa shape index (κ1) is 21.8. The van der Waals surface area contributed by atoms with Gasteiger partial charge in [0.15, 0.2) is 0 Å². The molecule has 5 nitrogen and oxygen atoms in total. The largest absolute Gasteiger partial charge is 0.390 e. The molecule has 162 valence electrons. The first-order chi connectivity index (χ1) is 14.9. The minimum Gasteiger partial charge on any atom is -0.390 e. The van der Waals surface area contributed by atoms with Crippen molar-refractivity contribution in [1.82, 2.24) is 0 Å². The van der Waals surface area contributed by atoms with Crippen molar-refractivity contribution in [3.8, 4) is 10.4 Å². The van der Waals surface area contributed by atoms with E-state index in [1.807, 2.05) is 25.1 Å². The summed E-state index contributed by atoms with van der Waals surface area (Å²) in [6, 6.07) is 16.7. The van der Waals surface area contributed by atoms with Crippen molar-refractivity contribution < 1.29 is 19.3 Å². The predicted molar refractivity (Wildman–Crippen MR) is 119 cm³/mol. The molecule has 0 spiro atoms. The number of halogens is 1. The molecule has 4 atom stereocenters. The number of rotatable bonds is 6. The van der Waals surface area contributed by atoms with Crippen LogP contribution in [0.15, 0.2) is 59.8 Å². The SMILES string of the molecule is Cc1ccc([C@H]2C[C@@H](O)[C@H](O)[C@@H](CN=O)O2)cc1Cc1ccc(-c2ccc(F)cc2)s1. The van der Waals surface area contributed by atoms with Crippen molar-refractivity contribution >= 4 is 11.3 Å². The maximum atomic E-state index is 13.2. The molecule has 2 aromatic carbocycles. The molecule has 1 aromatic heterocycles. The lowest BCUT2D eigenvalue weighted by Crippen LogP contribution is -2.47. The second-order valence-corrected chi connectivity index (χ2v) is 9.07. The molecule has 0 bridgehead atoms. The van der Waals surface area contributed by atoms with Crippen molar-refractivity contribution in [1.29, 1.82) is 0 Å². The third-order valence-electron chi connectivity index (χ3n) is 5.72. The number of nitrogens with zero attached hydrogens (tertiary/aromatic N) is 1. The maximum absolute atomic E-state index is 13.2. The van der Waals surface area contributed by atoms with Gasteiger partial charge in [-0.3, -0.25) is 0 Å². The molecule has 2 N–H and O–H groups in total. The Morgan fingerprint density at radius 3 is 2.65 bits per heavy atom. The van der Waals surface area contributed by atoms with E-state index < -0.39 is 24.4 Å². The number of nitroso groups, excluding NO2 is 1. The lowest BCUT2D eigenvalue weighted by atomic mass is 9.91. The number of aryl methyl sites for hydroxylation is 1. The van der Waals surface area contributed by atoms with Crippen molar-refractivity contribution in [2.75, 3.05) is 6.54 Å². The van der Waals surface area contributed by atoms with Crippen molar-refractivity contribution in [2.45, 2.75) is 44.2 Å². The summed E-state index contributed by atoms with van der Waals surface area (Å²) in [4.78, 5) is 12.9. The average molecular weight is 442 g/mol. The molecular formula is C24H24FNO4S. The van der Waals surface area contributed by atoms with Crippen LogP contribution in [0, 0.1) is 17.6 Å². The molecule has 0 radical (unpaired) electrons. The van der Waals surface area contributed by atoms with Crippen LogP contribution in [0.2, 0.25) is 0 Å². The van der Waals surface area contributed by atoms with Gasteiger partial charge in [-0.05, 0) is 53.4 Å². The van der Waals surface area contributed by atoms with Crippen molar-refractivity contribution in [2.24, 2.45) is 5.18 Å². The van der Waals surface area contributed by atoms with Gasteiger partial charge in [-0.2, -0.15) is 4.91 Å². The van der Waals surface area contributed by atoms with Crippen LogP contribution in [0.4, 0.5) is 4.39 Å². The van der Waals surface area contributed by atoms with Gasteiger partial charge < -0.3 is 14.9 Å². The van der Waals surface area contributed by atoms with Crippen LogP contribution in [-0.2, 0) is 11.2 Å². The van der Waals surface area contributed by atoms with E-state index in [4.69, 9.17) is 4.74 Å². The summed E-state index contributed by atoms with van der Waals surface area (Å²) in [6.45, 7) is 1.85. The monoisotopic (exact) mass is 441 g/mol. The van der Waals surface area contributed by atoms with Gasteiger partial charge in [0.25, 0.3) is 0 Å². The molecule has 2 heterocycles. The third-order valence-corrected chi connectivity index (χ3v) is 6.86. The molecule has 4 rings (SSSR count). The molecule has 31 heavy (non-hydrogen) atoms. The van der Waals surface area contributed by atoms with Gasteiger partial charge in [0.2, 0.25) is 0 Å². The highest BCUT2D eigenvalue weighted by atomic mass is 32.1. The Morgan fingerprint density at radius 2 is 1.90 bits per heavy atom. The van der Waals surface area contributed by atoms with E-state index in [1.165, 1.54) is 17.0 Å². The summed E-state index contributed by atoms with van der Waals surface area (Å²) in [5, 5.41) is 23.1. The zero-order chi connectivity index (χ0) is 22.0. The van der Waals surface area contributed by atoms with E-state index in [9.17, 15) is 19.5 Å². The van der Waals surface area contributed by atoms with Gasteiger partial charge in [-0.1, -0.05) is 35.5 Å². The molecule has 3 aromatic rings. The Bertz CT molecular complexity index is 1050. The van der Waals surface area contributed by atoms with Gasteiger partial charge in [-0.15, -0.1) is 11.3 Å². The second-order valence-electron chi connectivity index (χ2n) is 7.90. The predicted octanol–water partition coefficient (Wildman–Crippen LogP) is 4.77. The Morgan fingerprint density at radius 1 is 1.13 bits per heavy atom. The number of thiophene rings is 1. The van der Waals surface area contributed by atoms with E-state index in [2.05, 4.69) is 17.3 Å². The van der Waals surface area contributed by atoms with E-state index in [0.29, 0.717) is 0 Å². The molecule has 1 saturated heterocycles. The van der Waals surface area contributed by atoms with Gasteiger partial charge in [0, 0.05) is 22.6 Å². The van der Waals surface area contributed by atoms with Crippen LogP contribution in [-0.4, -0.2) is 35.1 Å². The minimum absolute atomic E-state index is 0.200. The fourth-order valence-corrected chi connectivity index (χ4v) is 4.94. The van der Waals surface area contributed by atoms with Crippen LogP contribution >= 0.6 is 11.3 Å². The third kappa shape index (κ3) is 4.91. The van der Waals surface area contributed by atoms with Crippen LogP contribution in [0.25, 0.3) is 10.4 Å². The highest BCUT2D eigenvalue weighted by Crippen LogP contribution is 2.34. The standard InChI is InChI=1S/C24H24FNO4S/c1-14-2-3-16(21-12-20(27)24(28)22(30-21)13-26-29)10-17(14)11-19-8-9-23(31-19)15-4-6-18(25)7-5-15/h2-10,20-22,24,27-28H,11-13H2,1H3/t20-,21-,22-,24+/m1/s1. The molecule has 0 unspecified atom stereocenters. The second kappa shape index (κ2) is 9.36. The molecule has 7 heteroatoms. The summed E-state index contributed by atoms with van der Waals surface area (Å²) < 4.78 is 19.1. The molecule has 1 aliphatic heterocycles. The van der Waals surface area contributed by atoms with E-state index in [-0.39, 0.29) is 18.8 Å². The molecule has 0 amide bonds. The normalized spacial score (nSPS) is 23.6. The Balaban J connectivity index is 1.53. The fourth-order valence-electron chi connectivity index (χ4n) is 3.90. The Kier molecular flexibility index (Phi) is 6.57. The summed E-state index contributed by atoms with van der Waals surface area (Å²) in [5.74, 6) is -0.248. The van der Waals surface area contributed by atoms with E-state index in [1.54, 1.807) is 23.5 Å². The number of hydrogen-bond donors (Lipinski definition) is 2. The molecule has 1 aliphatic rings. The van der Waals surface area contributed by atoms with Crippen LogP contribution in [0.1, 0.15) is 34.1 Å².